The molecule has 1 N–H and O–H groups in total. The van der Waals surface area contributed by atoms with Crippen LogP contribution in [0, 0.1) is 6.92 Å². The van der Waals surface area contributed by atoms with E-state index in [1.165, 1.54) is 13.0 Å². The average Bonchev–Trinajstić information content (AvgIpc) is 2.63. The fourth-order valence-electron chi connectivity index (χ4n) is 2.65. The molecule has 0 bridgehead atoms. The van der Waals surface area contributed by atoms with Crippen LogP contribution in [-0.4, -0.2) is 25.7 Å². The zero-order valence-electron chi connectivity index (χ0n) is 11.9. The van der Waals surface area contributed by atoms with Crippen LogP contribution in [0.15, 0.2) is 18.2 Å². The fraction of sp³-hybridized carbons (Fsp3) is 0.600. The zero-order chi connectivity index (χ0) is 14.8. The van der Waals surface area contributed by atoms with E-state index in [4.69, 9.17) is 0 Å². The van der Waals surface area contributed by atoms with Crippen molar-refractivity contribution < 1.29 is 13.2 Å². The van der Waals surface area contributed by atoms with Crippen LogP contribution < -0.4 is 10.2 Å². The quantitative estimate of drug-likeness (QED) is 0.893. The molecule has 20 heavy (non-hydrogen) atoms. The number of anilines is 1. The Morgan fingerprint density at radius 1 is 1.30 bits per heavy atom. The van der Waals surface area contributed by atoms with Crippen molar-refractivity contribution in [2.75, 3.05) is 24.5 Å². The Labute approximate surface area is 118 Å². The number of hydrogen-bond acceptors (Lipinski definition) is 2. The molecule has 1 aromatic rings. The van der Waals surface area contributed by atoms with Gasteiger partial charge in [-0.2, -0.15) is 13.2 Å². The summed E-state index contributed by atoms with van der Waals surface area (Å²) in [6, 6.07) is 5.10. The first-order valence-electron chi connectivity index (χ1n) is 7.08. The minimum absolute atomic E-state index is 0.278. The van der Waals surface area contributed by atoms with Crippen LogP contribution in [0.2, 0.25) is 0 Å². The molecule has 0 saturated carbocycles. The van der Waals surface area contributed by atoms with Crippen LogP contribution in [0.3, 0.4) is 0 Å². The molecule has 0 spiro atoms. The maximum atomic E-state index is 13.0. The summed E-state index contributed by atoms with van der Waals surface area (Å²) in [7, 11) is 0. The first-order chi connectivity index (χ1) is 9.41. The van der Waals surface area contributed by atoms with Crippen molar-refractivity contribution in [2.24, 2.45) is 0 Å². The van der Waals surface area contributed by atoms with E-state index in [2.05, 4.69) is 12.2 Å². The maximum absolute atomic E-state index is 13.0. The highest BCUT2D eigenvalue weighted by molar-refractivity contribution is 5.52. The second-order valence-electron chi connectivity index (χ2n) is 5.33. The van der Waals surface area contributed by atoms with Gasteiger partial charge in [0.25, 0.3) is 0 Å². The Bertz CT molecular complexity index is 457. The van der Waals surface area contributed by atoms with Crippen LogP contribution in [0.4, 0.5) is 18.9 Å². The van der Waals surface area contributed by atoms with Gasteiger partial charge in [-0.3, -0.25) is 0 Å². The third-order valence-corrected chi connectivity index (χ3v) is 3.95. The zero-order valence-corrected chi connectivity index (χ0v) is 11.9. The molecule has 1 atom stereocenters. The largest absolute Gasteiger partial charge is 0.416 e. The minimum Gasteiger partial charge on any atom is -0.370 e. The molecule has 0 amide bonds. The van der Waals surface area contributed by atoms with Crippen molar-refractivity contribution in [3.63, 3.8) is 0 Å². The summed E-state index contributed by atoms with van der Waals surface area (Å²) in [5, 5.41) is 3.42. The van der Waals surface area contributed by atoms with E-state index in [0.717, 1.165) is 32.5 Å². The number of halogens is 3. The number of benzene rings is 1. The number of alkyl halides is 3. The van der Waals surface area contributed by atoms with Crippen molar-refractivity contribution in [3.05, 3.63) is 29.3 Å². The lowest BCUT2D eigenvalue weighted by molar-refractivity contribution is -0.138. The monoisotopic (exact) mass is 286 g/mol. The Morgan fingerprint density at radius 3 is 2.70 bits per heavy atom. The summed E-state index contributed by atoms with van der Waals surface area (Å²) in [6.07, 6.45) is -2.27. The van der Waals surface area contributed by atoms with Gasteiger partial charge in [-0.25, -0.2) is 0 Å². The highest BCUT2D eigenvalue weighted by atomic mass is 19.4. The van der Waals surface area contributed by atoms with Gasteiger partial charge in [-0.15, -0.1) is 0 Å². The van der Waals surface area contributed by atoms with E-state index in [0.29, 0.717) is 11.7 Å². The van der Waals surface area contributed by atoms with Gasteiger partial charge in [0.05, 0.1) is 5.56 Å². The molecule has 0 aliphatic carbocycles. The minimum atomic E-state index is -4.28. The Kier molecular flexibility index (Phi) is 4.58. The molecule has 5 heteroatoms. The Morgan fingerprint density at radius 2 is 2.05 bits per heavy atom. The van der Waals surface area contributed by atoms with Gasteiger partial charge in [0.2, 0.25) is 0 Å². The van der Waals surface area contributed by atoms with E-state index >= 15 is 0 Å². The first-order valence-corrected chi connectivity index (χ1v) is 7.08. The molecule has 1 fully saturated rings. The lowest BCUT2D eigenvalue weighted by atomic mass is 10.1. The molecule has 112 valence electrons. The van der Waals surface area contributed by atoms with Crippen LogP contribution in [0.1, 0.15) is 30.9 Å². The molecule has 2 nitrogen and oxygen atoms in total. The summed E-state index contributed by atoms with van der Waals surface area (Å²) in [5.74, 6) is 0. The van der Waals surface area contributed by atoms with E-state index in [9.17, 15) is 13.2 Å². The normalized spacial score (nSPS) is 20.9. The molecule has 1 saturated heterocycles. The number of rotatable bonds is 2. The summed E-state index contributed by atoms with van der Waals surface area (Å²) >= 11 is 0. The summed E-state index contributed by atoms with van der Waals surface area (Å²) in [6.45, 7) is 5.99. The van der Waals surface area contributed by atoms with Crippen molar-refractivity contribution in [1.82, 2.24) is 5.32 Å². The van der Waals surface area contributed by atoms with Gasteiger partial charge in [0, 0.05) is 31.4 Å². The third-order valence-electron chi connectivity index (χ3n) is 3.95. The molecule has 1 heterocycles. The van der Waals surface area contributed by atoms with E-state index in [1.54, 1.807) is 12.1 Å². The van der Waals surface area contributed by atoms with Crippen LogP contribution >= 0.6 is 0 Å². The number of hydrogen-bond donors (Lipinski definition) is 1. The summed E-state index contributed by atoms with van der Waals surface area (Å²) < 4.78 is 38.9. The predicted octanol–water partition coefficient (Wildman–Crippen LogP) is 3.59. The van der Waals surface area contributed by atoms with Gasteiger partial charge < -0.3 is 10.2 Å². The first kappa shape index (κ1) is 15.2. The van der Waals surface area contributed by atoms with Crippen molar-refractivity contribution in [2.45, 2.75) is 38.9 Å². The highest BCUT2D eigenvalue weighted by Crippen LogP contribution is 2.34. The molecule has 0 radical (unpaired) electrons. The highest BCUT2D eigenvalue weighted by Gasteiger charge is 2.33. The van der Waals surface area contributed by atoms with Crippen molar-refractivity contribution in [1.29, 1.82) is 0 Å². The van der Waals surface area contributed by atoms with E-state index in [-0.39, 0.29) is 5.56 Å². The van der Waals surface area contributed by atoms with Gasteiger partial charge in [-0.1, -0.05) is 13.0 Å². The van der Waals surface area contributed by atoms with Crippen LogP contribution in [0.5, 0.6) is 0 Å². The van der Waals surface area contributed by atoms with Gasteiger partial charge in [0.1, 0.15) is 0 Å². The maximum Gasteiger partial charge on any atom is 0.416 e. The third kappa shape index (κ3) is 3.45. The lowest BCUT2D eigenvalue weighted by Gasteiger charge is -2.24. The van der Waals surface area contributed by atoms with Crippen molar-refractivity contribution in [3.8, 4) is 0 Å². The topological polar surface area (TPSA) is 15.3 Å². The predicted molar refractivity (Wildman–Crippen MR) is 75.1 cm³/mol. The Hall–Kier alpha value is -1.23. The van der Waals surface area contributed by atoms with Gasteiger partial charge in [0.15, 0.2) is 0 Å². The SMILES string of the molecule is CCC1CCN(c2ccc(C)c(C(F)(F)F)c2)CCN1. The van der Waals surface area contributed by atoms with Gasteiger partial charge in [-0.05, 0) is 37.5 Å². The smallest absolute Gasteiger partial charge is 0.370 e. The standard InChI is InChI=1S/C15H21F3N2/c1-3-12-6-8-20(9-7-19-12)13-5-4-11(2)14(10-13)15(16,17)18/h4-5,10,12,19H,3,6-9H2,1-2H3. The second-order valence-corrected chi connectivity index (χ2v) is 5.33. The summed E-state index contributed by atoms with van der Waals surface area (Å²) in [4.78, 5) is 2.04. The molecule has 1 unspecified atom stereocenters. The second kappa shape index (κ2) is 6.04. The molecule has 0 aromatic heterocycles. The molecule has 2 rings (SSSR count). The number of nitrogens with one attached hydrogen (secondary N) is 1. The number of nitrogens with zero attached hydrogens (tertiary/aromatic N) is 1. The van der Waals surface area contributed by atoms with Gasteiger partial charge >= 0.3 is 6.18 Å². The molecule has 1 aromatic carbocycles. The molecule has 1 aliphatic heterocycles. The van der Waals surface area contributed by atoms with E-state index < -0.39 is 11.7 Å². The molecular weight excluding hydrogens is 265 g/mol. The van der Waals surface area contributed by atoms with Crippen molar-refractivity contribution >= 4 is 5.69 Å². The van der Waals surface area contributed by atoms with E-state index in [1.807, 2.05) is 4.90 Å². The lowest BCUT2D eigenvalue weighted by Crippen LogP contribution is -2.30. The van der Waals surface area contributed by atoms with Crippen LogP contribution in [-0.2, 0) is 6.18 Å². The Balaban J connectivity index is 2.20. The summed E-state index contributed by atoms with van der Waals surface area (Å²) in [5.41, 5.74) is 0.418. The molecular formula is C15H21F3N2. The van der Waals surface area contributed by atoms with Crippen LogP contribution in [0.25, 0.3) is 0 Å². The fourth-order valence-corrected chi connectivity index (χ4v) is 2.65. The average molecular weight is 286 g/mol. The number of aryl methyl sites for hydroxylation is 1. The molecule has 1 aliphatic rings.